The van der Waals surface area contributed by atoms with Crippen LogP contribution >= 0.6 is 0 Å². The summed E-state index contributed by atoms with van der Waals surface area (Å²) in [6.45, 7) is 6.55. The van der Waals surface area contributed by atoms with Crippen LogP contribution < -0.4 is 0 Å². The first-order chi connectivity index (χ1) is 16.1. The van der Waals surface area contributed by atoms with Crippen molar-refractivity contribution in [1.82, 2.24) is 24.9 Å². The van der Waals surface area contributed by atoms with E-state index in [4.69, 9.17) is 0 Å². The highest BCUT2D eigenvalue weighted by atomic mass is 19.4. The van der Waals surface area contributed by atoms with Crippen LogP contribution in [0, 0.1) is 19.8 Å². The van der Waals surface area contributed by atoms with Crippen LogP contribution in [0.2, 0.25) is 0 Å². The van der Waals surface area contributed by atoms with Gasteiger partial charge >= 0.3 is 6.18 Å². The summed E-state index contributed by atoms with van der Waals surface area (Å²) in [5, 5.41) is 8.20. The number of piperidine rings is 1. The normalized spacial score (nSPS) is 18.8. The Morgan fingerprint density at radius 3 is 2.62 bits per heavy atom. The molecule has 0 saturated carbocycles. The Morgan fingerprint density at radius 2 is 1.97 bits per heavy atom. The molecule has 1 saturated heterocycles. The van der Waals surface area contributed by atoms with Crippen molar-refractivity contribution < 1.29 is 18.0 Å². The van der Waals surface area contributed by atoms with E-state index < -0.39 is 11.7 Å². The first-order valence-electron chi connectivity index (χ1n) is 11.5. The van der Waals surface area contributed by atoms with E-state index in [1.165, 1.54) is 6.07 Å². The van der Waals surface area contributed by atoms with Gasteiger partial charge in [0.25, 0.3) is 5.91 Å². The smallest absolute Gasteiger partial charge is 0.335 e. The van der Waals surface area contributed by atoms with E-state index in [9.17, 15) is 18.0 Å². The number of likely N-dealkylation sites (tertiary alicyclic amines) is 1. The van der Waals surface area contributed by atoms with Gasteiger partial charge in [-0.15, -0.1) is 5.10 Å². The SMILES string of the molecule is Cc1ccc(-n2cc(C)nn2)c(C(=O)N2CCC[C@@H](C)[C@H]2CCc2ccc(C(F)(F)F)cn2)c1. The Hall–Kier alpha value is -3.23. The lowest BCUT2D eigenvalue weighted by Gasteiger charge is -2.40. The molecule has 1 amide bonds. The highest BCUT2D eigenvalue weighted by Gasteiger charge is 2.34. The second-order valence-corrected chi connectivity index (χ2v) is 9.09. The van der Waals surface area contributed by atoms with Crippen molar-refractivity contribution in [1.29, 1.82) is 0 Å². The molecule has 3 aromatic rings. The van der Waals surface area contributed by atoms with E-state index in [0.29, 0.717) is 36.3 Å². The van der Waals surface area contributed by atoms with Gasteiger partial charge in [-0.2, -0.15) is 13.2 Å². The van der Waals surface area contributed by atoms with Crippen LogP contribution in [0.3, 0.4) is 0 Å². The molecule has 3 heterocycles. The monoisotopic (exact) mass is 471 g/mol. The second-order valence-electron chi connectivity index (χ2n) is 9.09. The van der Waals surface area contributed by atoms with Gasteiger partial charge in [0.1, 0.15) is 0 Å². The van der Waals surface area contributed by atoms with E-state index in [1.807, 2.05) is 36.9 Å². The molecule has 0 N–H and O–H groups in total. The van der Waals surface area contributed by atoms with Crippen LogP contribution in [0.25, 0.3) is 5.69 Å². The van der Waals surface area contributed by atoms with Crippen LogP contribution in [0.4, 0.5) is 13.2 Å². The van der Waals surface area contributed by atoms with Crippen LogP contribution in [-0.2, 0) is 12.6 Å². The molecule has 4 rings (SSSR count). The minimum atomic E-state index is -4.40. The number of amides is 1. The summed E-state index contributed by atoms with van der Waals surface area (Å²) in [6.07, 6.45) is 1.30. The van der Waals surface area contributed by atoms with Gasteiger partial charge in [-0.3, -0.25) is 9.78 Å². The van der Waals surface area contributed by atoms with Gasteiger partial charge in [0.15, 0.2) is 0 Å². The van der Waals surface area contributed by atoms with E-state index in [1.54, 1.807) is 10.9 Å². The number of hydrogen-bond donors (Lipinski definition) is 0. The number of aryl methyl sites for hydroxylation is 3. The molecule has 6 nitrogen and oxygen atoms in total. The first-order valence-corrected chi connectivity index (χ1v) is 11.5. The van der Waals surface area contributed by atoms with Crippen molar-refractivity contribution >= 4 is 5.91 Å². The van der Waals surface area contributed by atoms with Crippen LogP contribution in [0.5, 0.6) is 0 Å². The average molecular weight is 472 g/mol. The lowest BCUT2D eigenvalue weighted by atomic mass is 9.86. The predicted octanol–water partition coefficient (Wildman–Crippen LogP) is 5.17. The molecule has 1 aliphatic heterocycles. The molecular weight excluding hydrogens is 443 g/mol. The van der Waals surface area contributed by atoms with Gasteiger partial charge in [0, 0.05) is 24.5 Å². The minimum absolute atomic E-state index is 0.0313. The average Bonchev–Trinajstić information content (AvgIpc) is 3.23. The topological polar surface area (TPSA) is 63.9 Å². The van der Waals surface area contributed by atoms with E-state index >= 15 is 0 Å². The maximum absolute atomic E-state index is 13.8. The van der Waals surface area contributed by atoms with Crippen LogP contribution in [0.15, 0.2) is 42.7 Å². The largest absolute Gasteiger partial charge is 0.417 e. The summed E-state index contributed by atoms with van der Waals surface area (Å²) < 4.78 is 40.1. The number of alkyl halides is 3. The molecule has 34 heavy (non-hydrogen) atoms. The molecule has 0 radical (unpaired) electrons. The third kappa shape index (κ3) is 5.13. The molecule has 1 fully saturated rings. The maximum Gasteiger partial charge on any atom is 0.417 e. The second kappa shape index (κ2) is 9.56. The molecule has 1 aliphatic rings. The lowest BCUT2D eigenvalue weighted by molar-refractivity contribution is -0.137. The maximum atomic E-state index is 13.8. The fraction of sp³-hybridized carbons (Fsp3) is 0.440. The van der Waals surface area contributed by atoms with Crippen molar-refractivity contribution in [2.24, 2.45) is 5.92 Å². The zero-order chi connectivity index (χ0) is 24.5. The minimum Gasteiger partial charge on any atom is -0.335 e. The quantitative estimate of drug-likeness (QED) is 0.515. The summed E-state index contributed by atoms with van der Waals surface area (Å²) in [5.41, 5.74) is 2.81. The molecule has 0 aliphatic carbocycles. The third-order valence-corrected chi connectivity index (χ3v) is 6.46. The third-order valence-electron chi connectivity index (χ3n) is 6.46. The molecule has 180 valence electrons. The number of pyridine rings is 1. The molecule has 0 spiro atoms. The number of hydrogen-bond acceptors (Lipinski definition) is 4. The van der Waals surface area contributed by atoms with Crippen molar-refractivity contribution in [2.75, 3.05) is 6.54 Å². The standard InChI is InChI=1S/C25H28F3N5O/c1-16-6-10-23(33-15-18(3)30-31-33)21(13-16)24(34)32-12-4-5-17(2)22(32)11-9-20-8-7-19(14-29-20)25(26,27)28/h6-8,10,13-15,17,22H,4-5,9,11-12H2,1-3H3/t17-,22-/m1/s1. The Balaban J connectivity index is 1.57. The highest BCUT2D eigenvalue weighted by Crippen LogP contribution is 2.31. The van der Waals surface area contributed by atoms with Crippen molar-refractivity contribution in [3.8, 4) is 5.69 Å². The Kier molecular flexibility index (Phi) is 6.72. The van der Waals surface area contributed by atoms with E-state index in [2.05, 4.69) is 22.2 Å². The van der Waals surface area contributed by atoms with Gasteiger partial charge in [-0.25, -0.2) is 4.68 Å². The van der Waals surface area contributed by atoms with Gasteiger partial charge in [-0.05, 0) is 69.7 Å². The van der Waals surface area contributed by atoms with Gasteiger partial charge < -0.3 is 4.90 Å². The Bertz CT molecular complexity index is 1160. The Labute approximate surface area is 196 Å². The molecule has 9 heteroatoms. The van der Waals surface area contributed by atoms with E-state index in [-0.39, 0.29) is 17.9 Å². The highest BCUT2D eigenvalue weighted by molar-refractivity contribution is 5.98. The number of nitrogens with zero attached hydrogens (tertiary/aromatic N) is 5. The number of halogens is 3. The molecule has 0 unspecified atom stereocenters. The summed E-state index contributed by atoms with van der Waals surface area (Å²) in [6, 6.07) is 8.16. The fourth-order valence-electron chi connectivity index (χ4n) is 4.62. The summed E-state index contributed by atoms with van der Waals surface area (Å²) in [7, 11) is 0. The Morgan fingerprint density at radius 1 is 1.18 bits per heavy atom. The molecule has 1 aromatic carbocycles. The summed E-state index contributed by atoms with van der Waals surface area (Å²) in [4.78, 5) is 19.7. The fourth-order valence-corrected chi connectivity index (χ4v) is 4.62. The number of carbonyl (C=O) groups is 1. The van der Waals surface area contributed by atoms with Crippen molar-refractivity contribution in [2.45, 2.75) is 58.7 Å². The molecule has 2 atom stereocenters. The zero-order valence-corrected chi connectivity index (χ0v) is 19.5. The number of rotatable bonds is 5. The predicted molar refractivity (Wildman–Crippen MR) is 122 cm³/mol. The van der Waals surface area contributed by atoms with Gasteiger partial charge in [0.05, 0.1) is 28.7 Å². The number of aromatic nitrogens is 4. The summed E-state index contributed by atoms with van der Waals surface area (Å²) in [5.74, 6) is 0.206. The van der Waals surface area contributed by atoms with Crippen molar-refractivity contribution in [3.05, 3.63) is 70.8 Å². The molecular formula is C25H28F3N5O. The van der Waals surface area contributed by atoms with Crippen LogP contribution in [0.1, 0.15) is 59.1 Å². The van der Waals surface area contributed by atoms with Crippen LogP contribution in [-0.4, -0.2) is 43.4 Å². The van der Waals surface area contributed by atoms with Gasteiger partial charge in [0.2, 0.25) is 0 Å². The number of carbonyl (C=O) groups excluding carboxylic acids is 1. The molecule has 0 bridgehead atoms. The number of benzene rings is 1. The zero-order valence-electron chi connectivity index (χ0n) is 19.5. The van der Waals surface area contributed by atoms with Crippen molar-refractivity contribution in [3.63, 3.8) is 0 Å². The first kappa shape index (κ1) is 23.9. The summed E-state index contributed by atoms with van der Waals surface area (Å²) >= 11 is 0. The van der Waals surface area contributed by atoms with E-state index in [0.717, 1.165) is 36.4 Å². The van der Waals surface area contributed by atoms with Gasteiger partial charge in [-0.1, -0.05) is 23.8 Å². The lowest BCUT2D eigenvalue weighted by Crippen LogP contribution is -2.48. The molecule has 2 aromatic heterocycles.